The molecule has 6 nitrogen and oxygen atoms in total. The maximum Gasteiger partial charge on any atom is 0.231 e. The Morgan fingerprint density at radius 1 is 1.07 bits per heavy atom. The van der Waals surface area contributed by atoms with Gasteiger partial charge in [-0.1, -0.05) is 49.2 Å². The molecule has 1 N–H and O–H groups in total. The van der Waals surface area contributed by atoms with E-state index < -0.39 is 0 Å². The van der Waals surface area contributed by atoms with Crippen molar-refractivity contribution in [2.45, 2.75) is 57.7 Å². The van der Waals surface area contributed by atoms with E-state index >= 15 is 0 Å². The molecule has 1 unspecified atom stereocenters. The maximum atomic E-state index is 13.5. The number of hydrogen-bond donors (Lipinski definition) is 1. The number of fused-ring (bicyclic) bond motifs is 1. The van der Waals surface area contributed by atoms with Crippen LogP contribution in [0.15, 0.2) is 48.5 Å². The Hall–Kier alpha value is -3.02. The van der Waals surface area contributed by atoms with Crippen molar-refractivity contribution in [3.63, 3.8) is 0 Å². The number of ether oxygens (including phenoxy) is 2. The first-order chi connectivity index (χ1) is 14.6. The highest BCUT2D eigenvalue weighted by Crippen LogP contribution is 2.34. The third kappa shape index (κ3) is 4.75. The number of amides is 2. The number of rotatable bonds is 7. The van der Waals surface area contributed by atoms with Crippen LogP contribution in [0, 0.1) is 0 Å². The van der Waals surface area contributed by atoms with Crippen molar-refractivity contribution in [3.05, 3.63) is 59.7 Å². The summed E-state index contributed by atoms with van der Waals surface area (Å²) in [4.78, 5) is 27.2. The second-order valence-corrected chi connectivity index (χ2v) is 8.02. The summed E-state index contributed by atoms with van der Waals surface area (Å²) in [5, 5.41) is 2.95. The molecule has 0 radical (unpaired) electrons. The van der Waals surface area contributed by atoms with Gasteiger partial charge in [0.05, 0.1) is 12.5 Å². The summed E-state index contributed by atoms with van der Waals surface area (Å²) in [7, 11) is 0. The zero-order chi connectivity index (χ0) is 20.9. The first-order valence-corrected chi connectivity index (χ1v) is 10.6. The Morgan fingerprint density at radius 2 is 1.80 bits per heavy atom. The van der Waals surface area contributed by atoms with Gasteiger partial charge in [0.25, 0.3) is 0 Å². The highest BCUT2D eigenvalue weighted by molar-refractivity contribution is 5.79. The summed E-state index contributed by atoms with van der Waals surface area (Å²) < 4.78 is 10.9. The third-order valence-electron chi connectivity index (χ3n) is 5.83. The van der Waals surface area contributed by atoms with Crippen molar-refractivity contribution in [2.75, 3.05) is 6.79 Å². The molecule has 0 aromatic heterocycles. The van der Waals surface area contributed by atoms with E-state index in [1.165, 1.54) is 6.92 Å². The van der Waals surface area contributed by atoms with Crippen molar-refractivity contribution in [1.29, 1.82) is 0 Å². The third-order valence-corrected chi connectivity index (χ3v) is 5.83. The molecule has 1 aliphatic heterocycles. The molecule has 30 heavy (non-hydrogen) atoms. The lowest BCUT2D eigenvalue weighted by atomic mass is 10.0. The summed E-state index contributed by atoms with van der Waals surface area (Å²) in [5.41, 5.74) is 1.96. The second-order valence-electron chi connectivity index (χ2n) is 8.02. The Balaban J connectivity index is 1.53. The van der Waals surface area contributed by atoms with Crippen molar-refractivity contribution in [1.82, 2.24) is 10.2 Å². The van der Waals surface area contributed by atoms with E-state index in [0.29, 0.717) is 6.54 Å². The molecule has 6 heteroatoms. The van der Waals surface area contributed by atoms with Gasteiger partial charge in [-0.3, -0.25) is 9.59 Å². The molecule has 2 aromatic rings. The number of benzene rings is 2. The lowest BCUT2D eigenvalue weighted by Gasteiger charge is -2.31. The lowest BCUT2D eigenvalue weighted by molar-refractivity contribution is -0.135. The normalized spacial score (nSPS) is 16.3. The predicted octanol–water partition coefficient (Wildman–Crippen LogP) is 3.95. The molecule has 2 amide bonds. The predicted molar refractivity (Wildman–Crippen MR) is 113 cm³/mol. The van der Waals surface area contributed by atoms with Gasteiger partial charge in [-0.25, -0.2) is 0 Å². The first-order valence-electron chi connectivity index (χ1n) is 10.6. The molecular weight excluding hydrogens is 380 g/mol. The van der Waals surface area contributed by atoms with Crippen LogP contribution in [-0.2, 0) is 16.1 Å². The van der Waals surface area contributed by atoms with E-state index in [1.54, 1.807) is 0 Å². The van der Waals surface area contributed by atoms with Crippen LogP contribution in [0.25, 0.3) is 0 Å². The fourth-order valence-electron chi connectivity index (χ4n) is 4.35. The average molecular weight is 408 g/mol. The van der Waals surface area contributed by atoms with Crippen LogP contribution in [0.4, 0.5) is 0 Å². The minimum absolute atomic E-state index is 0.0576. The van der Waals surface area contributed by atoms with E-state index in [9.17, 15) is 9.59 Å². The average Bonchev–Trinajstić information content (AvgIpc) is 3.43. The van der Waals surface area contributed by atoms with Gasteiger partial charge in [0.1, 0.15) is 0 Å². The highest BCUT2D eigenvalue weighted by Gasteiger charge is 2.29. The van der Waals surface area contributed by atoms with Gasteiger partial charge in [0, 0.05) is 19.5 Å². The Morgan fingerprint density at radius 3 is 2.53 bits per heavy atom. The fourth-order valence-corrected chi connectivity index (χ4v) is 4.35. The summed E-state index contributed by atoms with van der Waals surface area (Å²) in [6.45, 7) is 2.25. The molecule has 158 valence electrons. The minimum atomic E-state index is -0.336. The topological polar surface area (TPSA) is 67.9 Å². The molecule has 0 bridgehead atoms. The molecular formula is C24H28N2O4. The Kier molecular flexibility index (Phi) is 6.21. The summed E-state index contributed by atoms with van der Waals surface area (Å²) in [6.07, 6.45) is 4.57. The zero-order valence-electron chi connectivity index (χ0n) is 17.3. The minimum Gasteiger partial charge on any atom is -0.454 e. The summed E-state index contributed by atoms with van der Waals surface area (Å²) >= 11 is 0. The van der Waals surface area contributed by atoms with Crippen molar-refractivity contribution < 1.29 is 19.1 Å². The molecule has 1 saturated carbocycles. The van der Waals surface area contributed by atoms with Gasteiger partial charge in [-0.15, -0.1) is 0 Å². The van der Waals surface area contributed by atoms with Gasteiger partial charge >= 0.3 is 0 Å². The van der Waals surface area contributed by atoms with E-state index in [1.807, 2.05) is 53.4 Å². The summed E-state index contributed by atoms with van der Waals surface area (Å²) in [6, 6.07) is 15.4. The summed E-state index contributed by atoms with van der Waals surface area (Å²) in [5.74, 6) is 1.39. The van der Waals surface area contributed by atoms with E-state index in [4.69, 9.17) is 9.47 Å². The molecule has 0 spiro atoms. The lowest BCUT2D eigenvalue weighted by Crippen LogP contribution is -2.40. The SMILES string of the molecule is CC(=O)NC(CC(=O)N(Cc1ccc2c(c1)OCO2)C1CCCC1)c1ccccc1. The second kappa shape index (κ2) is 9.20. The number of nitrogens with one attached hydrogen (secondary N) is 1. The molecule has 2 aliphatic rings. The molecule has 4 rings (SSSR count). The van der Waals surface area contributed by atoms with Crippen molar-refractivity contribution in [3.8, 4) is 11.5 Å². The Bertz CT molecular complexity index is 893. The van der Waals surface area contributed by atoms with Crippen LogP contribution in [0.5, 0.6) is 11.5 Å². The number of carbonyl (C=O) groups is 2. The van der Waals surface area contributed by atoms with Crippen molar-refractivity contribution >= 4 is 11.8 Å². The van der Waals surface area contributed by atoms with Crippen LogP contribution < -0.4 is 14.8 Å². The highest BCUT2D eigenvalue weighted by atomic mass is 16.7. The van der Waals surface area contributed by atoms with Crippen LogP contribution in [0.1, 0.15) is 56.2 Å². The van der Waals surface area contributed by atoms with Gasteiger partial charge < -0.3 is 19.7 Å². The smallest absolute Gasteiger partial charge is 0.231 e. The largest absolute Gasteiger partial charge is 0.454 e. The number of nitrogens with zero attached hydrogens (tertiary/aromatic N) is 1. The fraction of sp³-hybridized carbons (Fsp3) is 0.417. The van der Waals surface area contributed by atoms with Crippen LogP contribution in [-0.4, -0.2) is 29.5 Å². The zero-order valence-corrected chi connectivity index (χ0v) is 17.3. The molecule has 1 aliphatic carbocycles. The molecule has 1 fully saturated rings. The standard InChI is InChI=1S/C24H28N2O4/c1-17(27)25-21(19-7-3-2-4-8-19)14-24(28)26(20-9-5-6-10-20)15-18-11-12-22-23(13-18)30-16-29-22/h2-4,7-8,11-13,20-21H,5-6,9-10,14-16H2,1H3,(H,25,27). The van der Waals surface area contributed by atoms with E-state index in [2.05, 4.69) is 5.32 Å². The molecule has 2 aromatic carbocycles. The van der Waals surface area contributed by atoms with E-state index in [-0.39, 0.29) is 37.1 Å². The van der Waals surface area contributed by atoms with Crippen LogP contribution in [0.2, 0.25) is 0 Å². The van der Waals surface area contributed by atoms with Gasteiger partial charge in [0.2, 0.25) is 18.6 Å². The first kappa shape index (κ1) is 20.3. The number of hydrogen-bond acceptors (Lipinski definition) is 4. The maximum absolute atomic E-state index is 13.5. The quantitative estimate of drug-likeness (QED) is 0.753. The van der Waals surface area contributed by atoms with Crippen molar-refractivity contribution in [2.24, 2.45) is 0 Å². The molecule has 1 heterocycles. The van der Waals surface area contributed by atoms with E-state index in [0.717, 1.165) is 48.3 Å². The monoisotopic (exact) mass is 408 g/mol. The molecule has 1 atom stereocenters. The molecule has 0 saturated heterocycles. The van der Waals surface area contributed by atoms with Gasteiger partial charge in [0.15, 0.2) is 11.5 Å². The van der Waals surface area contributed by atoms with Gasteiger partial charge in [-0.2, -0.15) is 0 Å². The van der Waals surface area contributed by atoms with Gasteiger partial charge in [-0.05, 0) is 36.1 Å². The van der Waals surface area contributed by atoms with Crippen LogP contribution in [0.3, 0.4) is 0 Å². The van der Waals surface area contributed by atoms with Crippen LogP contribution >= 0.6 is 0 Å². The number of carbonyl (C=O) groups excluding carboxylic acids is 2. The Labute approximate surface area is 177 Å².